The first-order chi connectivity index (χ1) is 10.2. The molecule has 0 unspecified atom stereocenters. The zero-order chi connectivity index (χ0) is 14.8. The molecule has 2 aromatic carbocycles. The Morgan fingerprint density at radius 2 is 1.95 bits per heavy atom. The summed E-state index contributed by atoms with van der Waals surface area (Å²) in [5.74, 6) is 1.51. The van der Waals surface area contributed by atoms with Crippen molar-refractivity contribution in [3.8, 4) is 5.75 Å². The first-order valence-corrected chi connectivity index (χ1v) is 7.27. The largest absolute Gasteiger partial charge is 0.497 e. The first kappa shape index (κ1) is 13.7. The van der Waals surface area contributed by atoms with Crippen LogP contribution in [0.25, 0.3) is 10.8 Å². The molecule has 0 atom stereocenters. The van der Waals surface area contributed by atoms with Crippen molar-refractivity contribution >= 4 is 16.7 Å². The van der Waals surface area contributed by atoms with Crippen LogP contribution in [0.1, 0.15) is 18.4 Å². The number of fused-ring (bicyclic) bond motifs is 1. The Bertz CT molecular complexity index is 677. The van der Waals surface area contributed by atoms with E-state index in [0.29, 0.717) is 18.5 Å². The van der Waals surface area contributed by atoms with E-state index in [2.05, 4.69) is 34.2 Å². The number of ether oxygens (including phenoxy) is 1. The lowest BCUT2D eigenvalue weighted by molar-refractivity contribution is 0.415. The first-order valence-electron chi connectivity index (χ1n) is 7.27. The maximum absolute atomic E-state index is 6.02. The van der Waals surface area contributed by atoms with Gasteiger partial charge in [-0.15, -0.1) is 0 Å². The Morgan fingerprint density at radius 1 is 1.24 bits per heavy atom. The normalized spacial score (nSPS) is 15.2. The summed E-state index contributed by atoms with van der Waals surface area (Å²) in [6, 6.07) is 13.0. The highest BCUT2D eigenvalue weighted by atomic mass is 16.5. The third-order valence-electron chi connectivity index (χ3n) is 3.99. The summed E-state index contributed by atoms with van der Waals surface area (Å²) in [5, 5.41) is 2.36. The Balaban J connectivity index is 1.76. The van der Waals surface area contributed by atoms with E-state index in [1.807, 2.05) is 19.2 Å². The van der Waals surface area contributed by atoms with Crippen molar-refractivity contribution in [1.29, 1.82) is 0 Å². The maximum atomic E-state index is 6.02. The highest BCUT2D eigenvalue weighted by Crippen LogP contribution is 2.25. The molecule has 0 radical (unpaired) electrons. The van der Waals surface area contributed by atoms with Crippen molar-refractivity contribution in [2.24, 2.45) is 10.7 Å². The van der Waals surface area contributed by atoms with Gasteiger partial charge >= 0.3 is 0 Å². The van der Waals surface area contributed by atoms with E-state index in [0.717, 1.165) is 5.75 Å². The van der Waals surface area contributed by atoms with Gasteiger partial charge in [0.05, 0.1) is 13.7 Å². The molecule has 0 spiro atoms. The van der Waals surface area contributed by atoms with Crippen molar-refractivity contribution in [3.63, 3.8) is 0 Å². The van der Waals surface area contributed by atoms with Gasteiger partial charge in [0.15, 0.2) is 5.96 Å². The van der Waals surface area contributed by atoms with E-state index in [1.54, 1.807) is 7.11 Å². The fourth-order valence-corrected chi connectivity index (χ4v) is 2.43. The summed E-state index contributed by atoms with van der Waals surface area (Å²) >= 11 is 0. The molecule has 0 aromatic heterocycles. The van der Waals surface area contributed by atoms with E-state index in [4.69, 9.17) is 10.5 Å². The van der Waals surface area contributed by atoms with E-state index in [-0.39, 0.29) is 0 Å². The molecule has 0 heterocycles. The predicted molar refractivity (Wildman–Crippen MR) is 86.6 cm³/mol. The van der Waals surface area contributed by atoms with Gasteiger partial charge in [0.2, 0.25) is 0 Å². The third kappa shape index (κ3) is 3.10. The summed E-state index contributed by atoms with van der Waals surface area (Å²) in [6.07, 6.45) is 2.45. The van der Waals surface area contributed by atoms with Gasteiger partial charge in [-0.25, -0.2) is 4.99 Å². The fraction of sp³-hybridized carbons (Fsp3) is 0.353. The number of methoxy groups -OCH3 is 1. The molecule has 0 aliphatic heterocycles. The quantitative estimate of drug-likeness (QED) is 0.693. The van der Waals surface area contributed by atoms with E-state index < -0.39 is 0 Å². The van der Waals surface area contributed by atoms with E-state index in [1.165, 1.54) is 29.2 Å². The van der Waals surface area contributed by atoms with Crippen molar-refractivity contribution < 1.29 is 4.74 Å². The van der Waals surface area contributed by atoms with Crippen LogP contribution in [-0.4, -0.2) is 31.1 Å². The number of guanidine groups is 1. The molecule has 0 saturated heterocycles. The minimum Gasteiger partial charge on any atom is -0.497 e. The zero-order valence-corrected chi connectivity index (χ0v) is 12.5. The molecular formula is C17H21N3O. The highest BCUT2D eigenvalue weighted by molar-refractivity contribution is 5.84. The molecule has 3 rings (SSSR count). The van der Waals surface area contributed by atoms with Crippen LogP contribution in [0.2, 0.25) is 0 Å². The SMILES string of the molecule is COc1ccc2cc(CN=C(N)N(C)C3CC3)ccc2c1. The highest BCUT2D eigenvalue weighted by Gasteiger charge is 2.27. The number of aliphatic imine (C=N–C) groups is 1. The van der Waals surface area contributed by atoms with Crippen LogP contribution >= 0.6 is 0 Å². The lowest BCUT2D eigenvalue weighted by Gasteiger charge is -2.16. The van der Waals surface area contributed by atoms with Crippen LogP contribution in [0.15, 0.2) is 41.4 Å². The lowest BCUT2D eigenvalue weighted by atomic mass is 10.1. The number of benzene rings is 2. The molecule has 1 saturated carbocycles. The molecule has 0 amide bonds. The molecule has 2 N–H and O–H groups in total. The average molecular weight is 283 g/mol. The van der Waals surface area contributed by atoms with Crippen LogP contribution < -0.4 is 10.5 Å². The Hall–Kier alpha value is -2.23. The van der Waals surface area contributed by atoms with Crippen LogP contribution in [0.4, 0.5) is 0 Å². The molecule has 21 heavy (non-hydrogen) atoms. The van der Waals surface area contributed by atoms with Gasteiger partial charge in [-0.2, -0.15) is 0 Å². The topological polar surface area (TPSA) is 50.9 Å². The van der Waals surface area contributed by atoms with Gasteiger partial charge in [0, 0.05) is 13.1 Å². The number of hydrogen-bond acceptors (Lipinski definition) is 2. The monoisotopic (exact) mass is 283 g/mol. The Labute approximate surface area is 125 Å². The third-order valence-corrected chi connectivity index (χ3v) is 3.99. The number of rotatable bonds is 4. The molecule has 1 fully saturated rings. The smallest absolute Gasteiger partial charge is 0.191 e. The molecule has 1 aliphatic rings. The van der Waals surface area contributed by atoms with Crippen molar-refractivity contribution in [2.45, 2.75) is 25.4 Å². The van der Waals surface area contributed by atoms with Gasteiger partial charge < -0.3 is 15.4 Å². The molecule has 4 nitrogen and oxygen atoms in total. The molecule has 110 valence electrons. The van der Waals surface area contributed by atoms with E-state index in [9.17, 15) is 0 Å². The van der Waals surface area contributed by atoms with Gasteiger partial charge in [0.1, 0.15) is 5.75 Å². The average Bonchev–Trinajstić information content (AvgIpc) is 3.36. The number of nitrogens with two attached hydrogens (primary N) is 1. The molecule has 0 bridgehead atoms. The Kier molecular flexibility index (Phi) is 3.69. The second kappa shape index (κ2) is 5.64. The molecule has 4 heteroatoms. The van der Waals surface area contributed by atoms with Crippen LogP contribution in [0.5, 0.6) is 5.75 Å². The minimum absolute atomic E-state index is 0.595. The zero-order valence-electron chi connectivity index (χ0n) is 12.5. The standard InChI is InChI=1S/C17H21N3O/c1-20(15-6-7-15)17(18)19-11-12-3-4-14-10-16(21-2)8-5-13(14)9-12/h3-5,8-10,15H,6-7,11H2,1-2H3,(H2,18,19). The molecular weight excluding hydrogens is 262 g/mol. The molecule has 1 aliphatic carbocycles. The Morgan fingerprint density at radius 3 is 2.67 bits per heavy atom. The maximum Gasteiger partial charge on any atom is 0.191 e. The summed E-state index contributed by atoms with van der Waals surface area (Å²) < 4.78 is 5.24. The fourth-order valence-electron chi connectivity index (χ4n) is 2.43. The summed E-state index contributed by atoms with van der Waals surface area (Å²) in [7, 11) is 3.70. The lowest BCUT2D eigenvalue weighted by Crippen LogP contribution is -2.35. The van der Waals surface area contributed by atoms with Gasteiger partial charge in [0.25, 0.3) is 0 Å². The van der Waals surface area contributed by atoms with Crippen LogP contribution in [0, 0.1) is 0 Å². The summed E-state index contributed by atoms with van der Waals surface area (Å²) in [5.41, 5.74) is 7.18. The van der Waals surface area contributed by atoms with Gasteiger partial charge in [-0.1, -0.05) is 18.2 Å². The summed E-state index contributed by atoms with van der Waals surface area (Å²) in [6.45, 7) is 0.616. The minimum atomic E-state index is 0.595. The summed E-state index contributed by atoms with van der Waals surface area (Å²) in [4.78, 5) is 6.57. The van der Waals surface area contributed by atoms with Crippen LogP contribution in [-0.2, 0) is 6.54 Å². The van der Waals surface area contributed by atoms with Gasteiger partial charge in [-0.05, 0) is 47.4 Å². The van der Waals surface area contributed by atoms with Crippen molar-refractivity contribution in [3.05, 3.63) is 42.0 Å². The second-order valence-corrected chi connectivity index (χ2v) is 5.56. The van der Waals surface area contributed by atoms with Crippen molar-refractivity contribution in [1.82, 2.24) is 4.90 Å². The molecule has 2 aromatic rings. The van der Waals surface area contributed by atoms with Crippen LogP contribution in [0.3, 0.4) is 0 Å². The second-order valence-electron chi connectivity index (χ2n) is 5.56. The van der Waals surface area contributed by atoms with Crippen molar-refractivity contribution in [2.75, 3.05) is 14.2 Å². The van der Waals surface area contributed by atoms with Gasteiger partial charge in [-0.3, -0.25) is 0 Å². The number of hydrogen-bond donors (Lipinski definition) is 1. The number of nitrogens with zero attached hydrogens (tertiary/aromatic N) is 2. The predicted octanol–water partition coefficient (Wildman–Crippen LogP) is 2.76. The van der Waals surface area contributed by atoms with E-state index >= 15 is 0 Å².